The summed E-state index contributed by atoms with van der Waals surface area (Å²) >= 11 is 0. The van der Waals surface area contributed by atoms with Gasteiger partial charge < -0.3 is 26.0 Å². The average molecular weight is 267 g/mol. The van der Waals surface area contributed by atoms with Crippen molar-refractivity contribution in [3.05, 3.63) is 24.5 Å². The van der Waals surface area contributed by atoms with Crippen LogP contribution in [0, 0.1) is 5.92 Å². The summed E-state index contributed by atoms with van der Waals surface area (Å²) in [5.41, 5.74) is 0.534. The molecule has 2 amide bonds. The smallest absolute Gasteiger partial charge is 0.319 e. The first kappa shape index (κ1) is 13.7. The van der Waals surface area contributed by atoms with E-state index in [1.807, 2.05) is 0 Å². The van der Waals surface area contributed by atoms with E-state index in [9.17, 15) is 15.0 Å². The minimum Gasteiger partial charge on any atom is -0.396 e. The third kappa shape index (κ3) is 3.19. The number of urea groups is 1. The molecule has 1 aliphatic carbocycles. The molecule has 0 spiro atoms. The summed E-state index contributed by atoms with van der Waals surface area (Å²) in [7, 11) is 0. The summed E-state index contributed by atoms with van der Waals surface area (Å²) in [5.74, 6) is -0.418. The molecule has 0 aliphatic heterocycles. The van der Waals surface area contributed by atoms with Crippen LogP contribution in [0.25, 0.3) is 0 Å². The molecular formula is C12H17N3O4. The van der Waals surface area contributed by atoms with Crippen molar-refractivity contribution in [1.82, 2.24) is 10.3 Å². The Morgan fingerprint density at radius 3 is 2.79 bits per heavy atom. The van der Waals surface area contributed by atoms with Crippen molar-refractivity contribution in [1.29, 1.82) is 0 Å². The van der Waals surface area contributed by atoms with Gasteiger partial charge in [-0.1, -0.05) is 0 Å². The molecule has 104 valence electrons. The van der Waals surface area contributed by atoms with Crippen molar-refractivity contribution < 1.29 is 20.1 Å². The van der Waals surface area contributed by atoms with Crippen LogP contribution >= 0.6 is 0 Å². The quantitative estimate of drug-likeness (QED) is 0.497. The van der Waals surface area contributed by atoms with E-state index >= 15 is 0 Å². The minimum atomic E-state index is -1.07. The molecule has 7 nitrogen and oxygen atoms in total. The second kappa shape index (κ2) is 5.96. The van der Waals surface area contributed by atoms with Crippen LogP contribution in [-0.4, -0.2) is 51.2 Å². The van der Waals surface area contributed by atoms with Crippen LogP contribution in [0.1, 0.15) is 6.42 Å². The molecule has 5 N–H and O–H groups in total. The number of carbonyl (C=O) groups excluding carboxylic acids is 1. The summed E-state index contributed by atoms with van der Waals surface area (Å²) in [6, 6.07) is 2.31. The molecular weight excluding hydrogens is 250 g/mol. The number of nitrogens with one attached hydrogen (secondary N) is 2. The molecule has 0 saturated heterocycles. The summed E-state index contributed by atoms with van der Waals surface area (Å²) in [5, 5.41) is 33.6. The lowest BCUT2D eigenvalue weighted by Crippen LogP contribution is -2.44. The number of aliphatic hydroxyl groups is 3. The molecule has 1 saturated carbocycles. The van der Waals surface area contributed by atoms with Crippen LogP contribution in [0.3, 0.4) is 0 Å². The Labute approximate surface area is 110 Å². The van der Waals surface area contributed by atoms with Gasteiger partial charge in [0.15, 0.2) is 0 Å². The average Bonchev–Trinajstić information content (AvgIpc) is 2.67. The molecule has 0 unspecified atom stereocenters. The molecule has 0 bridgehead atoms. The van der Waals surface area contributed by atoms with Crippen LogP contribution in [-0.2, 0) is 0 Å². The summed E-state index contributed by atoms with van der Waals surface area (Å²) in [6.07, 6.45) is 1.33. The van der Waals surface area contributed by atoms with Gasteiger partial charge in [-0.3, -0.25) is 4.98 Å². The first-order valence-electron chi connectivity index (χ1n) is 6.06. The van der Waals surface area contributed by atoms with Gasteiger partial charge in [-0.15, -0.1) is 0 Å². The number of pyridine rings is 1. The Hall–Kier alpha value is -1.70. The maximum absolute atomic E-state index is 11.7. The van der Waals surface area contributed by atoms with Crippen LogP contribution < -0.4 is 10.6 Å². The van der Waals surface area contributed by atoms with Crippen LogP contribution in [0.5, 0.6) is 0 Å². The highest BCUT2D eigenvalue weighted by Gasteiger charge is 2.41. The first-order valence-corrected chi connectivity index (χ1v) is 6.06. The second-order valence-corrected chi connectivity index (χ2v) is 4.61. The van der Waals surface area contributed by atoms with Crippen molar-refractivity contribution in [2.75, 3.05) is 11.9 Å². The van der Waals surface area contributed by atoms with E-state index in [0.717, 1.165) is 0 Å². The monoisotopic (exact) mass is 267 g/mol. The van der Waals surface area contributed by atoms with E-state index in [2.05, 4.69) is 15.6 Å². The number of hydrogen-bond donors (Lipinski definition) is 5. The molecule has 1 aromatic heterocycles. The lowest BCUT2D eigenvalue weighted by atomic mass is 10.1. The number of anilines is 1. The van der Waals surface area contributed by atoms with Gasteiger partial charge in [-0.25, -0.2) is 4.79 Å². The number of aliphatic hydroxyl groups excluding tert-OH is 3. The topological polar surface area (TPSA) is 115 Å². The molecule has 19 heavy (non-hydrogen) atoms. The van der Waals surface area contributed by atoms with Crippen molar-refractivity contribution >= 4 is 11.7 Å². The fourth-order valence-electron chi connectivity index (χ4n) is 2.22. The molecule has 4 atom stereocenters. The van der Waals surface area contributed by atoms with Gasteiger partial charge in [0.2, 0.25) is 0 Å². The zero-order chi connectivity index (χ0) is 13.8. The van der Waals surface area contributed by atoms with Crippen molar-refractivity contribution in [3.63, 3.8) is 0 Å². The molecule has 1 fully saturated rings. The summed E-state index contributed by atoms with van der Waals surface area (Å²) in [4.78, 5) is 15.6. The summed E-state index contributed by atoms with van der Waals surface area (Å²) in [6.45, 7) is -0.222. The van der Waals surface area contributed by atoms with Crippen LogP contribution in [0.4, 0.5) is 10.5 Å². The highest BCUT2D eigenvalue weighted by atomic mass is 16.3. The number of carbonyl (C=O) groups is 1. The van der Waals surface area contributed by atoms with E-state index in [1.54, 1.807) is 18.3 Å². The van der Waals surface area contributed by atoms with Crippen LogP contribution in [0.15, 0.2) is 24.5 Å². The highest BCUT2D eigenvalue weighted by molar-refractivity contribution is 5.89. The molecule has 2 rings (SSSR count). The summed E-state index contributed by atoms with van der Waals surface area (Å²) < 4.78 is 0. The predicted octanol–water partition coefficient (Wildman–Crippen LogP) is -0.694. The highest BCUT2D eigenvalue weighted by Crippen LogP contribution is 2.26. The number of hydrogen-bond acceptors (Lipinski definition) is 5. The van der Waals surface area contributed by atoms with Gasteiger partial charge in [-0.2, -0.15) is 0 Å². The number of aromatic nitrogens is 1. The maximum atomic E-state index is 11.7. The molecule has 0 aromatic carbocycles. The van der Waals surface area contributed by atoms with E-state index in [4.69, 9.17) is 5.11 Å². The van der Waals surface area contributed by atoms with Gasteiger partial charge in [0.05, 0.1) is 24.0 Å². The first-order chi connectivity index (χ1) is 9.11. The van der Waals surface area contributed by atoms with E-state index in [0.29, 0.717) is 12.1 Å². The Balaban J connectivity index is 1.89. The van der Waals surface area contributed by atoms with Gasteiger partial charge in [-0.05, 0) is 18.6 Å². The van der Waals surface area contributed by atoms with E-state index in [-0.39, 0.29) is 6.61 Å². The predicted molar refractivity (Wildman–Crippen MR) is 67.4 cm³/mol. The van der Waals surface area contributed by atoms with E-state index in [1.165, 1.54) is 6.20 Å². The van der Waals surface area contributed by atoms with Crippen molar-refractivity contribution in [3.8, 4) is 0 Å². The molecule has 1 aliphatic rings. The third-order valence-corrected chi connectivity index (χ3v) is 3.27. The second-order valence-electron chi connectivity index (χ2n) is 4.61. The van der Waals surface area contributed by atoms with E-state index < -0.39 is 30.2 Å². The van der Waals surface area contributed by atoms with Gasteiger partial charge in [0.1, 0.15) is 6.10 Å². The molecule has 1 aromatic rings. The fourth-order valence-corrected chi connectivity index (χ4v) is 2.22. The maximum Gasteiger partial charge on any atom is 0.319 e. The number of rotatable bonds is 3. The normalized spacial score (nSPS) is 30.1. The largest absolute Gasteiger partial charge is 0.396 e. The SMILES string of the molecule is O=C(Nc1cccnc1)N[C@@H]1C[C@H](CO)[C@@H](O)[C@H]1O. The standard InChI is InChI=1S/C12H17N3O4/c16-6-7-4-9(11(18)10(7)17)15-12(19)14-8-2-1-3-13-5-8/h1-3,5,7,9-11,16-18H,4,6H2,(H2,14,15,19)/t7-,9-,10-,11+/m1/s1. The molecule has 1 heterocycles. The Kier molecular flexibility index (Phi) is 4.31. The number of amides is 2. The van der Waals surface area contributed by atoms with Crippen molar-refractivity contribution in [2.45, 2.75) is 24.7 Å². The lowest BCUT2D eigenvalue weighted by molar-refractivity contribution is 0.000965. The Bertz CT molecular complexity index is 428. The third-order valence-electron chi connectivity index (χ3n) is 3.27. The zero-order valence-electron chi connectivity index (χ0n) is 10.2. The zero-order valence-corrected chi connectivity index (χ0v) is 10.2. The van der Waals surface area contributed by atoms with Gasteiger partial charge in [0.25, 0.3) is 0 Å². The number of nitrogens with zero attached hydrogens (tertiary/aromatic N) is 1. The van der Waals surface area contributed by atoms with Crippen LogP contribution in [0.2, 0.25) is 0 Å². The Morgan fingerprint density at radius 1 is 1.42 bits per heavy atom. The van der Waals surface area contributed by atoms with Crippen molar-refractivity contribution in [2.24, 2.45) is 5.92 Å². The van der Waals surface area contributed by atoms with Gasteiger partial charge in [0, 0.05) is 18.7 Å². The molecule has 0 radical (unpaired) electrons. The fraction of sp³-hybridized carbons (Fsp3) is 0.500. The lowest BCUT2D eigenvalue weighted by Gasteiger charge is -2.18. The van der Waals surface area contributed by atoms with Gasteiger partial charge >= 0.3 is 6.03 Å². The molecule has 7 heteroatoms. The minimum absolute atomic E-state index is 0.222. The Morgan fingerprint density at radius 2 is 2.21 bits per heavy atom.